The molecule has 18 heavy (non-hydrogen) atoms. The van der Waals surface area contributed by atoms with Gasteiger partial charge in [-0.05, 0) is 31.4 Å². The van der Waals surface area contributed by atoms with Crippen LogP contribution in [0.3, 0.4) is 0 Å². The van der Waals surface area contributed by atoms with E-state index in [1.54, 1.807) is 12.5 Å². The summed E-state index contributed by atoms with van der Waals surface area (Å²) >= 11 is 0. The molecular formula is C15H21N3. The molecule has 96 valence electrons. The van der Waals surface area contributed by atoms with Crippen LogP contribution in [0.5, 0.6) is 0 Å². The van der Waals surface area contributed by atoms with Gasteiger partial charge in [0.1, 0.15) is 0 Å². The molecule has 3 rings (SSSR count). The standard InChI is InChI=1S/C9H9N.C4H6N2.C2H6/c1-7-6-8-4-2-3-5-9(8)10-7;1-4-2-5-3-6-4;1-2/h2-6,10H,1H3;2-3H,1H3,(H,5,6);1-2H3. The van der Waals surface area contributed by atoms with Gasteiger partial charge in [-0.3, -0.25) is 0 Å². The van der Waals surface area contributed by atoms with Crippen LogP contribution < -0.4 is 0 Å². The van der Waals surface area contributed by atoms with Gasteiger partial charge in [-0.2, -0.15) is 0 Å². The molecule has 2 aromatic heterocycles. The van der Waals surface area contributed by atoms with Crippen molar-refractivity contribution in [3.63, 3.8) is 0 Å². The number of fused-ring (bicyclic) bond motifs is 1. The molecule has 0 saturated carbocycles. The van der Waals surface area contributed by atoms with Gasteiger partial charge in [-0.1, -0.05) is 32.0 Å². The number of rotatable bonds is 0. The second-order valence-electron chi connectivity index (χ2n) is 3.77. The Morgan fingerprint density at radius 1 is 1.00 bits per heavy atom. The summed E-state index contributed by atoms with van der Waals surface area (Å²) in [6.07, 6.45) is 3.44. The molecule has 0 unspecified atom stereocenters. The third-order valence-electron chi connectivity index (χ3n) is 2.30. The molecule has 2 heterocycles. The molecule has 3 aromatic rings. The van der Waals surface area contributed by atoms with Crippen molar-refractivity contribution >= 4 is 10.9 Å². The second kappa shape index (κ2) is 7.33. The zero-order valence-corrected chi connectivity index (χ0v) is 11.5. The van der Waals surface area contributed by atoms with Crippen molar-refractivity contribution in [2.45, 2.75) is 27.7 Å². The van der Waals surface area contributed by atoms with Gasteiger partial charge in [0.15, 0.2) is 0 Å². The summed E-state index contributed by atoms with van der Waals surface area (Å²) in [5, 5.41) is 1.29. The topological polar surface area (TPSA) is 44.5 Å². The lowest BCUT2D eigenvalue weighted by Gasteiger charge is -1.83. The number of para-hydroxylation sites is 1. The second-order valence-corrected chi connectivity index (χ2v) is 3.77. The Bertz CT molecular complexity index is 517. The van der Waals surface area contributed by atoms with Gasteiger partial charge in [0.05, 0.1) is 6.33 Å². The zero-order chi connectivity index (χ0) is 13.4. The summed E-state index contributed by atoms with van der Waals surface area (Å²) in [6, 6.07) is 10.4. The highest BCUT2D eigenvalue weighted by atomic mass is 14.8. The van der Waals surface area contributed by atoms with Crippen LogP contribution in [-0.4, -0.2) is 15.0 Å². The summed E-state index contributed by atoms with van der Waals surface area (Å²) in [4.78, 5) is 9.91. The minimum atomic E-state index is 1.11. The normalized spacial score (nSPS) is 9.11. The fourth-order valence-corrected chi connectivity index (χ4v) is 1.54. The number of hydrogen-bond acceptors (Lipinski definition) is 1. The monoisotopic (exact) mass is 243 g/mol. The average molecular weight is 243 g/mol. The van der Waals surface area contributed by atoms with E-state index < -0.39 is 0 Å². The van der Waals surface area contributed by atoms with Crippen LogP contribution in [0, 0.1) is 13.8 Å². The summed E-state index contributed by atoms with van der Waals surface area (Å²) < 4.78 is 0. The first-order chi connectivity index (χ1) is 8.75. The van der Waals surface area contributed by atoms with Gasteiger partial charge in [0.2, 0.25) is 0 Å². The molecule has 3 heteroatoms. The van der Waals surface area contributed by atoms with E-state index in [2.05, 4.69) is 46.1 Å². The van der Waals surface area contributed by atoms with Crippen molar-refractivity contribution in [1.29, 1.82) is 0 Å². The van der Waals surface area contributed by atoms with Crippen LogP contribution in [0.1, 0.15) is 25.2 Å². The number of H-pyrrole nitrogens is 2. The highest BCUT2D eigenvalue weighted by Crippen LogP contribution is 2.12. The van der Waals surface area contributed by atoms with Gasteiger partial charge >= 0.3 is 0 Å². The van der Waals surface area contributed by atoms with E-state index in [0.717, 1.165) is 5.69 Å². The molecule has 0 atom stereocenters. The molecule has 0 bridgehead atoms. The maximum absolute atomic E-state index is 3.77. The van der Waals surface area contributed by atoms with Crippen molar-refractivity contribution < 1.29 is 0 Å². The molecule has 0 aliphatic heterocycles. The van der Waals surface area contributed by atoms with E-state index >= 15 is 0 Å². The number of aromatic amines is 2. The van der Waals surface area contributed by atoms with E-state index in [9.17, 15) is 0 Å². The van der Waals surface area contributed by atoms with E-state index in [1.165, 1.54) is 16.6 Å². The van der Waals surface area contributed by atoms with E-state index in [0.29, 0.717) is 0 Å². The molecule has 0 aliphatic rings. The molecule has 0 amide bonds. The quantitative estimate of drug-likeness (QED) is 0.610. The first-order valence-corrected chi connectivity index (χ1v) is 6.25. The van der Waals surface area contributed by atoms with Crippen molar-refractivity contribution in [2.24, 2.45) is 0 Å². The number of imidazole rings is 1. The van der Waals surface area contributed by atoms with Crippen molar-refractivity contribution in [2.75, 3.05) is 0 Å². The third kappa shape index (κ3) is 4.09. The van der Waals surface area contributed by atoms with Gasteiger partial charge in [-0.25, -0.2) is 4.98 Å². The Morgan fingerprint density at radius 2 is 1.72 bits per heavy atom. The fraction of sp³-hybridized carbons (Fsp3) is 0.267. The van der Waals surface area contributed by atoms with E-state index in [1.807, 2.05) is 26.8 Å². The van der Waals surface area contributed by atoms with Crippen LogP contribution in [0.2, 0.25) is 0 Å². The number of nitrogens with one attached hydrogen (secondary N) is 2. The molecule has 0 saturated heterocycles. The lowest BCUT2D eigenvalue weighted by Crippen LogP contribution is -1.65. The van der Waals surface area contributed by atoms with Gasteiger partial charge < -0.3 is 9.97 Å². The molecule has 1 aromatic carbocycles. The zero-order valence-electron chi connectivity index (χ0n) is 11.5. The number of aryl methyl sites for hydroxylation is 2. The maximum atomic E-state index is 3.77. The third-order valence-corrected chi connectivity index (χ3v) is 2.30. The summed E-state index contributed by atoms with van der Waals surface area (Å²) in [7, 11) is 0. The summed E-state index contributed by atoms with van der Waals surface area (Å²) in [5.41, 5.74) is 3.55. The molecule has 0 fully saturated rings. The minimum Gasteiger partial charge on any atom is -0.359 e. The lowest BCUT2D eigenvalue weighted by atomic mass is 10.2. The smallest absolute Gasteiger partial charge is 0.0921 e. The molecule has 3 nitrogen and oxygen atoms in total. The van der Waals surface area contributed by atoms with E-state index in [4.69, 9.17) is 0 Å². The maximum Gasteiger partial charge on any atom is 0.0921 e. The lowest BCUT2D eigenvalue weighted by molar-refractivity contribution is 1.25. The summed E-state index contributed by atoms with van der Waals surface area (Å²) in [6.45, 7) is 8.03. The predicted octanol–water partition coefficient (Wildman–Crippen LogP) is 4.22. The molecular weight excluding hydrogens is 222 g/mol. The van der Waals surface area contributed by atoms with Crippen LogP contribution >= 0.6 is 0 Å². The van der Waals surface area contributed by atoms with Crippen LogP contribution in [-0.2, 0) is 0 Å². The number of nitrogens with zero attached hydrogens (tertiary/aromatic N) is 1. The first kappa shape index (κ1) is 14.0. The molecule has 2 N–H and O–H groups in total. The van der Waals surface area contributed by atoms with Crippen LogP contribution in [0.4, 0.5) is 0 Å². The Labute approximate surface area is 108 Å². The summed E-state index contributed by atoms with van der Waals surface area (Å²) in [5.74, 6) is 0. The van der Waals surface area contributed by atoms with Crippen LogP contribution in [0.15, 0.2) is 42.9 Å². The van der Waals surface area contributed by atoms with Gasteiger partial charge in [0, 0.05) is 23.1 Å². The molecule has 0 spiro atoms. The highest BCUT2D eigenvalue weighted by Gasteiger charge is 1.92. The Balaban J connectivity index is 0.000000174. The molecule has 0 radical (unpaired) electrons. The average Bonchev–Trinajstić information content (AvgIpc) is 3.00. The largest absolute Gasteiger partial charge is 0.359 e. The van der Waals surface area contributed by atoms with Crippen molar-refractivity contribution in [3.05, 3.63) is 54.2 Å². The minimum absolute atomic E-state index is 1.11. The Morgan fingerprint density at radius 3 is 2.22 bits per heavy atom. The van der Waals surface area contributed by atoms with Gasteiger partial charge in [0.25, 0.3) is 0 Å². The fourth-order valence-electron chi connectivity index (χ4n) is 1.54. The van der Waals surface area contributed by atoms with Crippen LogP contribution in [0.25, 0.3) is 10.9 Å². The number of aromatic nitrogens is 3. The van der Waals surface area contributed by atoms with Crippen molar-refractivity contribution in [1.82, 2.24) is 15.0 Å². The SMILES string of the molecule is CC.Cc1cc2ccccc2[nH]1.Cc1cnc[nH]1. The number of hydrogen-bond donors (Lipinski definition) is 2. The first-order valence-electron chi connectivity index (χ1n) is 6.25. The van der Waals surface area contributed by atoms with E-state index in [-0.39, 0.29) is 0 Å². The highest BCUT2D eigenvalue weighted by molar-refractivity contribution is 5.79. The number of benzene rings is 1. The Hall–Kier alpha value is -2.03. The predicted molar refractivity (Wildman–Crippen MR) is 77.7 cm³/mol. The Kier molecular flexibility index (Phi) is 5.71. The molecule has 0 aliphatic carbocycles. The van der Waals surface area contributed by atoms with Gasteiger partial charge in [-0.15, -0.1) is 0 Å². The van der Waals surface area contributed by atoms with Crippen molar-refractivity contribution in [3.8, 4) is 0 Å².